The Hall–Kier alpha value is -0.670. The largest absolute Gasteiger partial charge is 0.367 e. The summed E-state index contributed by atoms with van der Waals surface area (Å²) in [7, 11) is 0. The third-order valence-corrected chi connectivity index (χ3v) is 3.09. The van der Waals surface area contributed by atoms with E-state index in [1.54, 1.807) is 6.20 Å². The van der Waals surface area contributed by atoms with Crippen molar-refractivity contribution in [3.8, 4) is 0 Å². The number of aromatic nitrogens is 2. The van der Waals surface area contributed by atoms with Crippen molar-refractivity contribution in [1.82, 2.24) is 9.97 Å². The van der Waals surface area contributed by atoms with Gasteiger partial charge in [-0.25, -0.2) is 9.97 Å². The van der Waals surface area contributed by atoms with Gasteiger partial charge in [0.25, 0.3) is 0 Å². The van der Waals surface area contributed by atoms with E-state index in [4.69, 9.17) is 16.3 Å². The molecule has 0 aliphatic heterocycles. The van der Waals surface area contributed by atoms with E-state index in [0.717, 1.165) is 24.4 Å². The average molecular weight is 243 g/mol. The highest BCUT2D eigenvalue weighted by atomic mass is 35.5. The lowest BCUT2D eigenvalue weighted by molar-refractivity contribution is -0.0572. The first-order valence-corrected chi connectivity index (χ1v) is 6.28. The molecule has 0 radical (unpaired) electrons. The zero-order chi connectivity index (χ0) is 12.0. The fraction of sp³-hybridized carbons (Fsp3) is 0.667. The van der Waals surface area contributed by atoms with E-state index in [1.807, 2.05) is 13.0 Å². The highest BCUT2D eigenvalue weighted by Gasteiger charge is 2.32. The van der Waals surface area contributed by atoms with Crippen LogP contribution in [0.25, 0.3) is 0 Å². The molecule has 0 aliphatic carbocycles. The zero-order valence-electron chi connectivity index (χ0n) is 10.2. The Kier molecular flexibility index (Phi) is 5.16. The van der Waals surface area contributed by atoms with Crippen molar-refractivity contribution >= 4 is 11.6 Å². The second kappa shape index (κ2) is 6.16. The maximum absolute atomic E-state index is 5.85. The minimum atomic E-state index is -0.364. The monoisotopic (exact) mass is 242 g/mol. The van der Waals surface area contributed by atoms with Crippen molar-refractivity contribution in [2.24, 2.45) is 0 Å². The summed E-state index contributed by atoms with van der Waals surface area (Å²) in [6.07, 6.45) is 3.48. The van der Waals surface area contributed by atoms with Crippen LogP contribution in [0.5, 0.6) is 0 Å². The molecule has 0 aromatic carbocycles. The van der Waals surface area contributed by atoms with Crippen molar-refractivity contribution in [2.75, 3.05) is 6.61 Å². The smallest absolute Gasteiger partial charge is 0.160 e. The summed E-state index contributed by atoms with van der Waals surface area (Å²) in [6.45, 7) is 6.84. The molecule has 1 aromatic rings. The molecule has 1 aromatic heterocycles. The number of nitrogens with zero attached hydrogens (tertiary/aromatic N) is 2. The van der Waals surface area contributed by atoms with Gasteiger partial charge in [-0.3, -0.25) is 0 Å². The van der Waals surface area contributed by atoms with Crippen LogP contribution in [0.3, 0.4) is 0 Å². The molecule has 0 bridgehead atoms. The van der Waals surface area contributed by atoms with E-state index in [-0.39, 0.29) is 5.60 Å². The maximum atomic E-state index is 5.85. The van der Waals surface area contributed by atoms with Crippen molar-refractivity contribution in [3.63, 3.8) is 0 Å². The number of halogens is 1. The molecule has 0 amide bonds. The number of alkyl halides is 1. The lowest BCUT2D eigenvalue weighted by atomic mass is 9.96. The van der Waals surface area contributed by atoms with Gasteiger partial charge in [0, 0.05) is 12.8 Å². The highest BCUT2D eigenvalue weighted by molar-refractivity contribution is 6.16. The lowest BCUT2D eigenvalue weighted by Crippen LogP contribution is -2.31. The first-order valence-electron chi connectivity index (χ1n) is 5.74. The first kappa shape index (κ1) is 13.4. The lowest BCUT2D eigenvalue weighted by Gasteiger charge is -2.29. The summed E-state index contributed by atoms with van der Waals surface area (Å²) >= 11 is 5.78. The predicted octanol–water partition coefficient (Wildman–Crippen LogP) is 3.27. The molecule has 0 unspecified atom stereocenters. The van der Waals surface area contributed by atoms with Gasteiger partial charge < -0.3 is 4.74 Å². The van der Waals surface area contributed by atoms with Crippen LogP contribution in [0.15, 0.2) is 12.3 Å². The number of hydrogen-bond acceptors (Lipinski definition) is 3. The molecule has 0 spiro atoms. The molecule has 0 aliphatic rings. The molecule has 0 N–H and O–H groups in total. The number of rotatable bonds is 6. The molecule has 90 valence electrons. The van der Waals surface area contributed by atoms with Crippen LogP contribution in [0.4, 0.5) is 0 Å². The van der Waals surface area contributed by atoms with Crippen LogP contribution in [-0.2, 0) is 16.2 Å². The molecule has 1 heterocycles. The van der Waals surface area contributed by atoms with Gasteiger partial charge in [-0.15, -0.1) is 11.6 Å². The summed E-state index contributed by atoms with van der Waals surface area (Å²) in [6, 6.07) is 1.83. The maximum Gasteiger partial charge on any atom is 0.160 e. The van der Waals surface area contributed by atoms with Gasteiger partial charge in [-0.05, 0) is 25.8 Å². The Bertz CT molecular complexity index is 327. The van der Waals surface area contributed by atoms with E-state index in [9.17, 15) is 0 Å². The van der Waals surface area contributed by atoms with Crippen LogP contribution in [-0.4, -0.2) is 16.6 Å². The Balaban J connectivity index is 3.08. The number of hydrogen-bond donors (Lipinski definition) is 0. The Morgan fingerprint density at radius 2 is 2.00 bits per heavy atom. The molecule has 0 fully saturated rings. The molecular weight excluding hydrogens is 224 g/mol. The van der Waals surface area contributed by atoms with Crippen molar-refractivity contribution < 1.29 is 4.74 Å². The summed E-state index contributed by atoms with van der Waals surface area (Å²) in [5, 5.41) is 0. The quantitative estimate of drug-likeness (QED) is 0.719. The van der Waals surface area contributed by atoms with Crippen LogP contribution >= 0.6 is 11.6 Å². The number of ether oxygens (including phenoxy) is 1. The Labute approximate surface area is 102 Å². The molecule has 4 heteroatoms. The molecular formula is C12H19ClN2O. The highest BCUT2D eigenvalue weighted by Crippen LogP contribution is 2.30. The van der Waals surface area contributed by atoms with Gasteiger partial charge in [0.2, 0.25) is 0 Å². The van der Waals surface area contributed by atoms with Crippen LogP contribution in [0, 0.1) is 0 Å². The third-order valence-electron chi connectivity index (χ3n) is 2.82. The first-order chi connectivity index (χ1) is 7.72. The van der Waals surface area contributed by atoms with Crippen LogP contribution < -0.4 is 0 Å². The summed E-state index contributed by atoms with van der Waals surface area (Å²) in [5.41, 5.74) is 0.481. The third kappa shape index (κ3) is 2.71. The Morgan fingerprint density at radius 3 is 2.50 bits per heavy atom. The molecule has 0 saturated carbocycles. The minimum absolute atomic E-state index is 0.364. The van der Waals surface area contributed by atoms with Gasteiger partial charge >= 0.3 is 0 Å². The van der Waals surface area contributed by atoms with Gasteiger partial charge in [0.1, 0.15) is 5.60 Å². The molecule has 0 atom stereocenters. The molecule has 3 nitrogen and oxygen atoms in total. The topological polar surface area (TPSA) is 35.0 Å². The fourth-order valence-electron chi connectivity index (χ4n) is 1.80. The van der Waals surface area contributed by atoms with E-state index >= 15 is 0 Å². The van der Waals surface area contributed by atoms with Gasteiger partial charge in [-0.1, -0.05) is 13.8 Å². The zero-order valence-corrected chi connectivity index (χ0v) is 10.9. The summed E-state index contributed by atoms with van der Waals surface area (Å²) < 4.78 is 5.85. The normalized spacial score (nSPS) is 11.8. The van der Waals surface area contributed by atoms with Gasteiger partial charge in [0.15, 0.2) is 5.82 Å². The van der Waals surface area contributed by atoms with Gasteiger partial charge in [-0.2, -0.15) is 0 Å². The molecule has 0 saturated heterocycles. The van der Waals surface area contributed by atoms with E-state index in [1.165, 1.54) is 0 Å². The van der Waals surface area contributed by atoms with Crippen molar-refractivity contribution in [3.05, 3.63) is 23.8 Å². The van der Waals surface area contributed by atoms with Gasteiger partial charge in [0.05, 0.1) is 11.6 Å². The molecule has 16 heavy (non-hydrogen) atoms. The van der Waals surface area contributed by atoms with Crippen molar-refractivity contribution in [2.45, 2.75) is 45.1 Å². The van der Waals surface area contributed by atoms with E-state index < -0.39 is 0 Å². The predicted molar refractivity (Wildman–Crippen MR) is 65.5 cm³/mol. The average Bonchev–Trinajstić information content (AvgIpc) is 2.36. The fourth-order valence-corrected chi connectivity index (χ4v) is 1.95. The second-order valence-electron chi connectivity index (χ2n) is 3.64. The summed E-state index contributed by atoms with van der Waals surface area (Å²) in [5.74, 6) is 1.16. The van der Waals surface area contributed by atoms with E-state index in [2.05, 4.69) is 23.8 Å². The minimum Gasteiger partial charge on any atom is -0.367 e. The summed E-state index contributed by atoms with van der Waals surface area (Å²) in [4.78, 5) is 8.78. The Morgan fingerprint density at radius 1 is 1.31 bits per heavy atom. The SMILES string of the molecule is CCOC(CC)(CC)c1nccc(CCl)n1. The standard InChI is InChI=1S/C12H19ClN2O/c1-4-12(5-2,16-6-3)11-14-8-7-10(9-13)15-11/h7-8H,4-6,9H2,1-3H3. The van der Waals surface area contributed by atoms with Crippen LogP contribution in [0.1, 0.15) is 45.1 Å². The second-order valence-corrected chi connectivity index (χ2v) is 3.91. The van der Waals surface area contributed by atoms with Crippen LogP contribution in [0.2, 0.25) is 0 Å². The van der Waals surface area contributed by atoms with Crippen molar-refractivity contribution in [1.29, 1.82) is 0 Å². The molecule has 1 rings (SSSR count). The van der Waals surface area contributed by atoms with E-state index in [0.29, 0.717) is 12.5 Å².